The standard InChI is InChI=1S/C23H29N3O3S2/c1-17(2)26-21-11-10-20(14-22(21)30-23(26)27)31(28,29)24-15-18-8-4-5-9-19(18)16-25-12-6-3-7-13-25/h4-5,8-11,14,17,24H,3,6-7,12-13,15-16H2,1-2H3. The van der Waals surface area contributed by atoms with E-state index in [-0.39, 0.29) is 22.4 Å². The van der Waals surface area contributed by atoms with E-state index in [0.717, 1.165) is 47.6 Å². The van der Waals surface area contributed by atoms with Gasteiger partial charge in [0.25, 0.3) is 0 Å². The van der Waals surface area contributed by atoms with Gasteiger partial charge in [0.2, 0.25) is 10.0 Å². The van der Waals surface area contributed by atoms with Gasteiger partial charge in [0, 0.05) is 19.1 Å². The zero-order valence-corrected chi connectivity index (χ0v) is 19.6. The molecule has 0 amide bonds. The first-order chi connectivity index (χ1) is 14.8. The van der Waals surface area contributed by atoms with Crippen LogP contribution < -0.4 is 9.60 Å². The van der Waals surface area contributed by atoms with Crippen LogP contribution in [0.2, 0.25) is 0 Å². The average Bonchev–Trinajstić information content (AvgIpc) is 3.09. The van der Waals surface area contributed by atoms with E-state index < -0.39 is 10.0 Å². The molecule has 1 N–H and O–H groups in total. The monoisotopic (exact) mass is 459 g/mol. The van der Waals surface area contributed by atoms with Crippen molar-refractivity contribution in [1.29, 1.82) is 0 Å². The highest BCUT2D eigenvalue weighted by molar-refractivity contribution is 7.89. The van der Waals surface area contributed by atoms with Gasteiger partial charge in [-0.15, -0.1) is 0 Å². The van der Waals surface area contributed by atoms with E-state index in [2.05, 4.69) is 15.7 Å². The summed E-state index contributed by atoms with van der Waals surface area (Å²) in [5.74, 6) is 0. The number of benzene rings is 2. The first kappa shape index (κ1) is 22.2. The predicted octanol–water partition coefficient (Wildman–Crippen LogP) is 4.11. The van der Waals surface area contributed by atoms with Gasteiger partial charge in [0.05, 0.1) is 15.1 Å². The van der Waals surface area contributed by atoms with Crippen LogP contribution >= 0.6 is 11.3 Å². The number of aromatic nitrogens is 1. The first-order valence-corrected chi connectivity index (χ1v) is 13.1. The van der Waals surface area contributed by atoms with Gasteiger partial charge in [0.15, 0.2) is 0 Å². The van der Waals surface area contributed by atoms with Gasteiger partial charge in [-0.1, -0.05) is 42.0 Å². The summed E-state index contributed by atoms with van der Waals surface area (Å²) in [6, 6.07) is 13.0. The maximum absolute atomic E-state index is 13.0. The maximum atomic E-state index is 13.0. The normalized spacial score (nSPS) is 15.7. The van der Waals surface area contributed by atoms with E-state index in [0.29, 0.717) is 4.70 Å². The fourth-order valence-electron chi connectivity index (χ4n) is 4.17. The number of hydrogen-bond acceptors (Lipinski definition) is 5. The largest absolute Gasteiger partial charge is 0.308 e. The van der Waals surface area contributed by atoms with Crippen LogP contribution in [0.15, 0.2) is 52.2 Å². The quantitative estimate of drug-likeness (QED) is 0.577. The van der Waals surface area contributed by atoms with Crippen molar-refractivity contribution in [1.82, 2.24) is 14.2 Å². The van der Waals surface area contributed by atoms with E-state index in [9.17, 15) is 13.2 Å². The minimum absolute atomic E-state index is 0.0261. The van der Waals surface area contributed by atoms with Gasteiger partial charge in [-0.05, 0) is 69.1 Å². The van der Waals surface area contributed by atoms with E-state index in [1.165, 1.54) is 19.3 Å². The number of fused-ring (bicyclic) bond motifs is 1. The lowest BCUT2D eigenvalue weighted by atomic mass is 10.1. The average molecular weight is 460 g/mol. The highest BCUT2D eigenvalue weighted by Crippen LogP contribution is 2.24. The Labute approximate surface area is 187 Å². The molecule has 1 saturated heterocycles. The van der Waals surface area contributed by atoms with Crippen LogP contribution in [0.3, 0.4) is 0 Å². The number of nitrogens with zero attached hydrogens (tertiary/aromatic N) is 2. The molecule has 1 aromatic heterocycles. The minimum Gasteiger partial charge on any atom is -0.299 e. The minimum atomic E-state index is -3.69. The number of hydrogen-bond donors (Lipinski definition) is 1. The third-order valence-electron chi connectivity index (χ3n) is 5.83. The van der Waals surface area contributed by atoms with Crippen LogP contribution in [0.25, 0.3) is 10.2 Å². The smallest absolute Gasteiger partial charge is 0.299 e. The lowest BCUT2D eigenvalue weighted by Gasteiger charge is -2.27. The molecule has 1 aliphatic rings. The second-order valence-corrected chi connectivity index (χ2v) is 11.2. The summed E-state index contributed by atoms with van der Waals surface area (Å²) < 4.78 is 31.1. The predicted molar refractivity (Wildman–Crippen MR) is 126 cm³/mol. The van der Waals surface area contributed by atoms with Crippen molar-refractivity contribution in [3.63, 3.8) is 0 Å². The fraction of sp³-hybridized carbons (Fsp3) is 0.435. The van der Waals surface area contributed by atoms with E-state index in [1.54, 1.807) is 22.8 Å². The SMILES string of the molecule is CC(C)n1c(=O)sc2cc(S(=O)(=O)NCc3ccccc3CN3CCCCC3)ccc21. The molecule has 0 radical (unpaired) electrons. The second kappa shape index (κ2) is 9.24. The summed E-state index contributed by atoms with van der Waals surface area (Å²) in [6.07, 6.45) is 3.74. The molecule has 4 rings (SSSR count). The molecule has 0 spiro atoms. The zero-order chi connectivity index (χ0) is 22.0. The highest BCUT2D eigenvalue weighted by Gasteiger charge is 2.19. The molecule has 0 bridgehead atoms. The molecule has 166 valence electrons. The van der Waals surface area contributed by atoms with Crippen LogP contribution in [-0.4, -0.2) is 31.0 Å². The third-order valence-corrected chi connectivity index (χ3v) is 8.14. The lowest BCUT2D eigenvalue weighted by Crippen LogP contribution is -2.30. The molecule has 1 aliphatic heterocycles. The van der Waals surface area contributed by atoms with E-state index in [4.69, 9.17) is 0 Å². The van der Waals surface area contributed by atoms with Crippen molar-refractivity contribution in [2.45, 2.75) is 57.1 Å². The fourth-order valence-corrected chi connectivity index (χ4v) is 6.33. The summed E-state index contributed by atoms with van der Waals surface area (Å²) in [7, 11) is -3.69. The van der Waals surface area contributed by atoms with Crippen LogP contribution in [0.5, 0.6) is 0 Å². The Morgan fingerprint density at radius 2 is 1.74 bits per heavy atom. The van der Waals surface area contributed by atoms with Crippen molar-refractivity contribution in [2.24, 2.45) is 0 Å². The molecule has 1 fully saturated rings. The Bertz CT molecular complexity index is 1220. The van der Waals surface area contributed by atoms with Crippen LogP contribution in [0.4, 0.5) is 0 Å². The van der Waals surface area contributed by atoms with E-state index in [1.807, 2.05) is 32.0 Å². The molecule has 3 aromatic rings. The molecule has 6 nitrogen and oxygen atoms in total. The second-order valence-electron chi connectivity index (χ2n) is 8.39. The Morgan fingerprint density at radius 3 is 2.45 bits per heavy atom. The van der Waals surface area contributed by atoms with Crippen LogP contribution in [0.1, 0.15) is 50.3 Å². The molecule has 2 heterocycles. The van der Waals surface area contributed by atoms with Crippen molar-refractivity contribution < 1.29 is 8.42 Å². The highest BCUT2D eigenvalue weighted by atomic mass is 32.2. The van der Waals surface area contributed by atoms with Crippen molar-refractivity contribution in [3.05, 3.63) is 63.3 Å². The molecule has 8 heteroatoms. The number of thiazole rings is 1. The summed E-state index contributed by atoms with van der Waals surface area (Å²) in [5.41, 5.74) is 2.93. The Morgan fingerprint density at radius 1 is 1.03 bits per heavy atom. The topological polar surface area (TPSA) is 71.4 Å². The van der Waals surface area contributed by atoms with Crippen LogP contribution in [0, 0.1) is 0 Å². The van der Waals surface area contributed by atoms with Gasteiger partial charge in [-0.25, -0.2) is 13.1 Å². The van der Waals surface area contributed by atoms with Crippen LogP contribution in [-0.2, 0) is 23.1 Å². The Balaban J connectivity index is 1.53. The molecule has 0 atom stereocenters. The summed E-state index contributed by atoms with van der Waals surface area (Å²) in [4.78, 5) is 14.8. The van der Waals surface area contributed by atoms with E-state index >= 15 is 0 Å². The maximum Gasteiger partial charge on any atom is 0.308 e. The zero-order valence-electron chi connectivity index (χ0n) is 18.0. The summed E-state index contributed by atoms with van der Waals surface area (Å²) in [6.45, 7) is 7.17. The Hall–Kier alpha value is -2.00. The van der Waals surface area contributed by atoms with Gasteiger partial charge in [-0.3, -0.25) is 14.3 Å². The van der Waals surface area contributed by atoms with Crippen molar-refractivity contribution in [3.8, 4) is 0 Å². The van der Waals surface area contributed by atoms with Gasteiger partial charge >= 0.3 is 4.87 Å². The summed E-state index contributed by atoms with van der Waals surface area (Å²) >= 11 is 1.08. The molecule has 31 heavy (non-hydrogen) atoms. The Kier molecular flexibility index (Phi) is 6.62. The number of sulfonamides is 1. The first-order valence-electron chi connectivity index (χ1n) is 10.8. The number of nitrogens with one attached hydrogen (secondary N) is 1. The molecule has 2 aromatic carbocycles. The molecular formula is C23H29N3O3S2. The lowest BCUT2D eigenvalue weighted by molar-refractivity contribution is 0.220. The molecule has 0 unspecified atom stereocenters. The molecular weight excluding hydrogens is 430 g/mol. The van der Waals surface area contributed by atoms with Crippen molar-refractivity contribution >= 4 is 31.6 Å². The van der Waals surface area contributed by atoms with Gasteiger partial charge in [0.1, 0.15) is 0 Å². The third kappa shape index (κ3) is 4.92. The van der Waals surface area contributed by atoms with Gasteiger partial charge in [-0.2, -0.15) is 0 Å². The number of rotatable bonds is 7. The summed E-state index contributed by atoms with van der Waals surface area (Å²) in [5, 5.41) is 0. The van der Waals surface area contributed by atoms with Crippen molar-refractivity contribution in [2.75, 3.05) is 13.1 Å². The number of piperidine rings is 1. The molecule has 0 aliphatic carbocycles. The number of likely N-dealkylation sites (tertiary alicyclic amines) is 1. The van der Waals surface area contributed by atoms with Gasteiger partial charge < -0.3 is 0 Å². The molecule has 0 saturated carbocycles.